The molecular formula is C39H48FN5O6. The molecule has 0 bridgehead atoms. The summed E-state index contributed by atoms with van der Waals surface area (Å²) in [6.07, 6.45) is 7.36. The van der Waals surface area contributed by atoms with Gasteiger partial charge in [-0.05, 0) is 96.8 Å². The molecule has 0 unspecified atom stereocenters. The monoisotopic (exact) mass is 701 g/mol. The molecule has 1 aliphatic heterocycles. The lowest BCUT2D eigenvalue weighted by molar-refractivity contribution is -0.00643. The van der Waals surface area contributed by atoms with Crippen LogP contribution in [-0.4, -0.2) is 73.7 Å². The predicted molar refractivity (Wildman–Crippen MR) is 189 cm³/mol. The molecule has 3 aliphatic rings. The van der Waals surface area contributed by atoms with Crippen LogP contribution in [0.15, 0.2) is 54.9 Å². The van der Waals surface area contributed by atoms with Gasteiger partial charge in [-0.2, -0.15) is 5.10 Å². The standard InChI is InChI=1S/C39H48FN5O6/c1-38(2,3)50-36(47)44(37(48)51-39(4,5)6)22-26-18-30(19-26)45-23-32(33(42-45)28-12-13-28)34-31(20-29(40)21-41-34)27-14-16-43(17-15-27)35(46)49-24-25-10-8-7-9-11-25/h7-11,14,20-21,23,26,28,30H,12-13,15-19,22,24H2,1-6H3. The van der Waals surface area contributed by atoms with Gasteiger partial charge >= 0.3 is 18.3 Å². The highest BCUT2D eigenvalue weighted by Crippen LogP contribution is 2.47. The molecule has 0 saturated heterocycles. The van der Waals surface area contributed by atoms with Crippen LogP contribution in [-0.2, 0) is 20.8 Å². The van der Waals surface area contributed by atoms with Gasteiger partial charge in [-0.3, -0.25) is 9.67 Å². The number of aromatic nitrogens is 3. The first-order valence-corrected chi connectivity index (χ1v) is 17.8. The van der Waals surface area contributed by atoms with Gasteiger partial charge < -0.3 is 19.1 Å². The molecule has 2 aliphatic carbocycles. The van der Waals surface area contributed by atoms with E-state index in [4.69, 9.17) is 19.3 Å². The Balaban J connectivity index is 1.16. The van der Waals surface area contributed by atoms with E-state index in [1.165, 1.54) is 12.3 Å². The van der Waals surface area contributed by atoms with Crippen molar-refractivity contribution in [2.75, 3.05) is 19.6 Å². The molecule has 0 atom stereocenters. The van der Waals surface area contributed by atoms with Gasteiger partial charge in [0.15, 0.2) is 0 Å². The molecule has 0 N–H and O–H groups in total. The number of carbonyl (C=O) groups is 3. The van der Waals surface area contributed by atoms with E-state index in [-0.39, 0.29) is 31.2 Å². The van der Waals surface area contributed by atoms with Crippen LogP contribution in [0.5, 0.6) is 0 Å². The number of amides is 3. The van der Waals surface area contributed by atoms with Gasteiger partial charge in [-0.1, -0.05) is 36.4 Å². The van der Waals surface area contributed by atoms with E-state index < -0.39 is 29.2 Å². The van der Waals surface area contributed by atoms with Crippen LogP contribution in [0.4, 0.5) is 18.8 Å². The van der Waals surface area contributed by atoms with Gasteiger partial charge in [-0.15, -0.1) is 0 Å². The highest BCUT2D eigenvalue weighted by molar-refractivity contribution is 5.88. The molecule has 11 nitrogen and oxygen atoms in total. The topological polar surface area (TPSA) is 116 Å². The molecule has 2 aromatic heterocycles. The van der Waals surface area contributed by atoms with Crippen molar-refractivity contribution in [3.05, 3.63) is 77.5 Å². The first kappa shape index (κ1) is 36.1. The Bertz CT molecular complexity index is 1760. The summed E-state index contributed by atoms with van der Waals surface area (Å²) in [4.78, 5) is 46.2. The number of benzene rings is 1. The van der Waals surface area contributed by atoms with Crippen LogP contribution >= 0.6 is 0 Å². The lowest BCUT2D eigenvalue weighted by atomic mass is 9.80. The van der Waals surface area contributed by atoms with Gasteiger partial charge in [0.05, 0.1) is 23.6 Å². The molecule has 51 heavy (non-hydrogen) atoms. The van der Waals surface area contributed by atoms with Crippen molar-refractivity contribution >= 4 is 23.9 Å². The number of rotatable bonds is 8. The summed E-state index contributed by atoms with van der Waals surface area (Å²) in [6.45, 7) is 11.7. The molecule has 2 saturated carbocycles. The first-order valence-electron chi connectivity index (χ1n) is 17.8. The van der Waals surface area contributed by atoms with Crippen LogP contribution in [0.3, 0.4) is 0 Å². The number of halogens is 1. The Morgan fingerprint density at radius 1 is 0.961 bits per heavy atom. The lowest BCUT2D eigenvalue weighted by Gasteiger charge is -2.38. The number of hydrogen-bond donors (Lipinski definition) is 0. The fourth-order valence-corrected chi connectivity index (χ4v) is 6.40. The van der Waals surface area contributed by atoms with Crippen molar-refractivity contribution in [2.24, 2.45) is 5.92 Å². The van der Waals surface area contributed by atoms with Crippen molar-refractivity contribution in [1.29, 1.82) is 0 Å². The highest BCUT2D eigenvalue weighted by Gasteiger charge is 2.40. The second-order valence-corrected chi connectivity index (χ2v) is 15.8. The molecular weight excluding hydrogens is 653 g/mol. The van der Waals surface area contributed by atoms with E-state index in [2.05, 4.69) is 4.98 Å². The third-order valence-corrected chi connectivity index (χ3v) is 9.11. The fraction of sp³-hybridized carbons (Fsp3) is 0.513. The lowest BCUT2D eigenvalue weighted by Crippen LogP contribution is -2.47. The van der Waals surface area contributed by atoms with Crippen LogP contribution < -0.4 is 0 Å². The van der Waals surface area contributed by atoms with E-state index in [1.54, 1.807) is 46.4 Å². The molecule has 3 aromatic rings. The molecule has 2 fully saturated rings. The molecule has 12 heteroatoms. The van der Waals surface area contributed by atoms with Crippen molar-refractivity contribution in [3.63, 3.8) is 0 Å². The van der Waals surface area contributed by atoms with Crippen LogP contribution in [0.1, 0.15) is 102 Å². The largest absolute Gasteiger partial charge is 0.445 e. The quantitative estimate of drug-likeness (QED) is 0.215. The Morgan fingerprint density at radius 2 is 1.63 bits per heavy atom. The van der Waals surface area contributed by atoms with Crippen molar-refractivity contribution in [2.45, 2.75) is 103 Å². The predicted octanol–water partition coefficient (Wildman–Crippen LogP) is 8.51. The molecule has 0 radical (unpaired) electrons. The SMILES string of the molecule is CC(C)(C)OC(=O)N(CC1CC(n2cc(-c3ncc(F)cc3C3=CCN(C(=O)OCc4ccccc4)CC3)c(C3CC3)n2)C1)C(=O)OC(C)(C)C. The molecule has 6 rings (SSSR count). The third-order valence-electron chi connectivity index (χ3n) is 9.11. The number of nitrogens with zero attached hydrogens (tertiary/aromatic N) is 5. The summed E-state index contributed by atoms with van der Waals surface area (Å²) in [6, 6.07) is 11.1. The Kier molecular flexibility index (Phi) is 10.2. The average molecular weight is 702 g/mol. The summed E-state index contributed by atoms with van der Waals surface area (Å²) >= 11 is 0. The summed E-state index contributed by atoms with van der Waals surface area (Å²) in [5.74, 6) is -0.0794. The van der Waals surface area contributed by atoms with E-state index >= 15 is 0 Å². The summed E-state index contributed by atoms with van der Waals surface area (Å²) in [7, 11) is 0. The van der Waals surface area contributed by atoms with Crippen molar-refractivity contribution < 1.29 is 33.0 Å². The second-order valence-electron chi connectivity index (χ2n) is 15.8. The molecule has 1 aromatic carbocycles. The molecule has 3 amide bonds. The zero-order valence-electron chi connectivity index (χ0n) is 30.4. The van der Waals surface area contributed by atoms with Gasteiger partial charge in [-0.25, -0.2) is 23.7 Å². The zero-order valence-corrected chi connectivity index (χ0v) is 30.4. The average Bonchev–Trinajstić information content (AvgIpc) is 3.80. The van der Waals surface area contributed by atoms with Gasteiger partial charge in [0.1, 0.15) is 23.6 Å². The zero-order chi connectivity index (χ0) is 36.5. The molecule has 0 spiro atoms. The summed E-state index contributed by atoms with van der Waals surface area (Å²) < 4.78 is 33.3. The van der Waals surface area contributed by atoms with Crippen LogP contribution in [0.25, 0.3) is 16.8 Å². The second kappa shape index (κ2) is 14.5. The minimum absolute atomic E-state index is 0.0429. The number of carbonyl (C=O) groups excluding carboxylic acids is 3. The Labute approximate surface area is 298 Å². The number of pyridine rings is 1. The highest BCUT2D eigenvalue weighted by atomic mass is 19.1. The number of hydrogen-bond acceptors (Lipinski definition) is 8. The molecule has 3 heterocycles. The van der Waals surface area contributed by atoms with Gasteiger partial charge in [0.2, 0.25) is 0 Å². The fourth-order valence-electron chi connectivity index (χ4n) is 6.40. The van der Waals surface area contributed by atoms with Gasteiger partial charge in [0.25, 0.3) is 0 Å². The normalized spacial score (nSPS) is 19.1. The molecule has 272 valence electrons. The number of ether oxygens (including phenoxy) is 3. The Hall–Kier alpha value is -4.74. The van der Waals surface area contributed by atoms with Gasteiger partial charge in [0, 0.05) is 42.9 Å². The van der Waals surface area contributed by atoms with E-state index in [0.29, 0.717) is 49.5 Å². The summed E-state index contributed by atoms with van der Waals surface area (Å²) in [5.41, 5.74) is 3.52. The maximum Gasteiger partial charge on any atom is 0.419 e. The maximum absolute atomic E-state index is 14.7. The van der Waals surface area contributed by atoms with E-state index in [1.807, 2.05) is 47.3 Å². The van der Waals surface area contributed by atoms with Crippen LogP contribution in [0, 0.1) is 11.7 Å². The van der Waals surface area contributed by atoms with Crippen LogP contribution in [0.2, 0.25) is 0 Å². The first-order chi connectivity index (χ1) is 24.1. The maximum atomic E-state index is 14.7. The minimum atomic E-state index is -0.765. The smallest absolute Gasteiger partial charge is 0.419 e. The summed E-state index contributed by atoms with van der Waals surface area (Å²) in [5, 5.41) is 5.04. The van der Waals surface area contributed by atoms with E-state index in [9.17, 15) is 18.8 Å². The van der Waals surface area contributed by atoms with Crippen molar-refractivity contribution in [1.82, 2.24) is 24.6 Å². The third kappa shape index (κ3) is 9.14. The number of imide groups is 1. The minimum Gasteiger partial charge on any atom is -0.445 e. The van der Waals surface area contributed by atoms with E-state index in [0.717, 1.165) is 40.1 Å². The Morgan fingerprint density at radius 3 is 2.22 bits per heavy atom. The van der Waals surface area contributed by atoms with Crippen molar-refractivity contribution in [3.8, 4) is 11.3 Å².